The average Bonchev–Trinajstić information content (AvgIpc) is 2.23. The summed E-state index contributed by atoms with van der Waals surface area (Å²) >= 11 is 6.03. The second-order valence-electron chi connectivity index (χ2n) is 5.71. The van der Waals surface area contributed by atoms with Crippen LogP contribution in [0.4, 0.5) is 5.69 Å². The van der Waals surface area contributed by atoms with Crippen molar-refractivity contribution in [3.63, 3.8) is 0 Å². The number of nitrogens with one attached hydrogen (secondary N) is 1. The van der Waals surface area contributed by atoms with E-state index < -0.39 is 11.0 Å². The molecule has 1 amide bonds. The minimum atomic E-state index is -0.679. The van der Waals surface area contributed by atoms with E-state index in [0.29, 0.717) is 5.02 Å². The summed E-state index contributed by atoms with van der Waals surface area (Å²) in [5.41, 5.74) is 6.35. The molecule has 0 fully saturated rings. The smallest absolute Gasteiger partial charge is 0.231 e. The number of nitrogens with two attached hydrogens (primary N) is 1. The quantitative estimate of drug-likeness (QED) is 0.883. The molecule has 0 aliphatic rings. The van der Waals surface area contributed by atoms with Gasteiger partial charge in [-0.25, -0.2) is 0 Å². The van der Waals surface area contributed by atoms with Gasteiger partial charge in [-0.3, -0.25) is 4.79 Å². The molecule has 0 aliphatic carbocycles. The van der Waals surface area contributed by atoms with Gasteiger partial charge in [0, 0.05) is 16.2 Å². The van der Waals surface area contributed by atoms with Gasteiger partial charge in [-0.15, -0.1) is 0 Å². The highest BCUT2D eigenvalue weighted by molar-refractivity contribution is 6.31. The van der Waals surface area contributed by atoms with Crippen LogP contribution in [0.1, 0.15) is 33.3 Å². The number of carbonyl (C=O) groups is 1. The van der Waals surface area contributed by atoms with E-state index in [4.69, 9.17) is 17.3 Å². The first-order valence-corrected chi connectivity index (χ1v) is 6.30. The predicted octanol–water partition coefficient (Wildman–Crippen LogP) is 3.35. The summed E-state index contributed by atoms with van der Waals surface area (Å²) in [6.45, 7) is 9.23. The summed E-state index contributed by atoms with van der Waals surface area (Å²) in [6, 6.07) is 5.44. The van der Waals surface area contributed by atoms with Gasteiger partial charge in [0.05, 0.1) is 5.41 Å². The zero-order chi connectivity index (χ0) is 14.1. The van der Waals surface area contributed by atoms with E-state index in [1.54, 1.807) is 6.07 Å². The monoisotopic (exact) mass is 268 g/mol. The van der Waals surface area contributed by atoms with E-state index in [-0.39, 0.29) is 5.91 Å². The number of rotatable bonds is 3. The molecule has 0 heterocycles. The normalized spacial score (nSPS) is 12.4. The molecule has 0 spiro atoms. The van der Waals surface area contributed by atoms with Crippen LogP contribution in [0.2, 0.25) is 5.02 Å². The molecule has 1 rings (SSSR count). The zero-order valence-corrected chi connectivity index (χ0v) is 12.4. The molecule has 4 heteroatoms. The van der Waals surface area contributed by atoms with Crippen LogP contribution in [0.3, 0.4) is 0 Å². The van der Waals surface area contributed by atoms with Crippen LogP contribution in [0.15, 0.2) is 18.2 Å². The van der Waals surface area contributed by atoms with Crippen LogP contribution in [-0.2, 0) is 4.79 Å². The Labute approximate surface area is 114 Å². The lowest BCUT2D eigenvalue weighted by Gasteiger charge is -2.37. The van der Waals surface area contributed by atoms with Gasteiger partial charge < -0.3 is 11.1 Å². The number of carbonyl (C=O) groups excluding carboxylic acids is 1. The second kappa shape index (κ2) is 4.90. The lowest BCUT2D eigenvalue weighted by molar-refractivity contribution is -0.126. The van der Waals surface area contributed by atoms with Gasteiger partial charge in [0.1, 0.15) is 0 Å². The molecule has 0 radical (unpaired) electrons. The molecule has 0 unspecified atom stereocenters. The molecule has 0 saturated heterocycles. The average molecular weight is 269 g/mol. The van der Waals surface area contributed by atoms with Crippen molar-refractivity contribution in [2.24, 2.45) is 11.1 Å². The number of anilines is 1. The Bertz CT molecular complexity index is 461. The van der Waals surface area contributed by atoms with Crippen molar-refractivity contribution in [3.8, 4) is 0 Å². The molecule has 0 aliphatic heterocycles. The molecule has 18 heavy (non-hydrogen) atoms. The molecule has 0 bridgehead atoms. The highest BCUT2D eigenvalue weighted by atomic mass is 35.5. The van der Waals surface area contributed by atoms with Crippen molar-refractivity contribution in [1.82, 2.24) is 0 Å². The molecule has 3 nitrogen and oxygen atoms in total. The summed E-state index contributed by atoms with van der Waals surface area (Å²) in [6.07, 6.45) is 0. The minimum Gasteiger partial charge on any atom is -0.325 e. The Morgan fingerprint density at radius 3 is 2.33 bits per heavy atom. The highest BCUT2D eigenvalue weighted by Gasteiger charge is 2.40. The van der Waals surface area contributed by atoms with Crippen molar-refractivity contribution < 1.29 is 4.79 Å². The maximum Gasteiger partial charge on any atom is 0.231 e. The Morgan fingerprint density at radius 1 is 1.28 bits per heavy atom. The first-order chi connectivity index (χ1) is 8.07. The van der Waals surface area contributed by atoms with Crippen molar-refractivity contribution >= 4 is 23.2 Å². The number of halogens is 1. The van der Waals surface area contributed by atoms with Crippen LogP contribution < -0.4 is 11.1 Å². The SMILES string of the molecule is Cc1c(Cl)cccc1NC(=O)C(C)(C)C(C)(C)N. The highest BCUT2D eigenvalue weighted by Crippen LogP contribution is 2.31. The van der Waals surface area contributed by atoms with E-state index in [1.807, 2.05) is 46.8 Å². The fraction of sp³-hybridized carbons (Fsp3) is 0.500. The topological polar surface area (TPSA) is 55.1 Å². The minimum absolute atomic E-state index is 0.111. The molecule has 1 aromatic rings. The van der Waals surface area contributed by atoms with Crippen LogP contribution in [-0.4, -0.2) is 11.4 Å². The van der Waals surface area contributed by atoms with Crippen molar-refractivity contribution in [2.45, 2.75) is 40.2 Å². The van der Waals surface area contributed by atoms with Gasteiger partial charge in [-0.2, -0.15) is 0 Å². The third-order valence-corrected chi connectivity index (χ3v) is 4.10. The molecule has 0 saturated carbocycles. The molecule has 0 aromatic heterocycles. The lowest BCUT2D eigenvalue weighted by atomic mass is 9.74. The van der Waals surface area contributed by atoms with Crippen LogP contribution in [0, 0.1) is 12.3 Å². The first kappa shape index (κ1) is 15.0. The third-order valence-electron chi connectivity index (χ3n) is 3.69. The summed E-state index contributed by atoms with van der Waals surface area (Å²) in [5, 5.41) is 3.53. The van der Waals surface area contributed by atoms with Crippen LogP contribution in [0.5, 0.6) is 0 Å². The number of hydrogen-bond acceptors (Lipinski definition) is 2. The fourth-order valence-electron chi connectivity index (χ4n) is 1.31. The lowest BCUT2D eigenvalue weighted by Crippen LogP contribution is -2.53. The number of hydrogen-bond donors (Lipinski definition) is 2. The van der Waals surface area contributed by atoms with Gasteiger partial charge in [0.25, 0.3) is 0 Å². The molecule has 3 N–H and O–H groups in total. The summed E-state index contributed by atoms with van der Waals surface area (Å²) in [4.78, 5) is 12.3. The van der Waals surface area contributed by atoms with E-state index in [1.165, 1.54) is 0 Å². The van der Waals surface area contributed by atoms with Gasteiger partial charge in [0.2, 0.25) is 5.91 Å². The van der Waals surface area contributed by atoms with Crippen LogP contribution >= 0.6 is 11.6 Å². The van der Waals surface area contributed by atoms with Crippen molar-refractivity contribution in [3.05, 3.63) is 28.8 Å². The van der Waals surface area contributed by atoms with Gasteiger partial charge >= 0.3 is 0 Å². The number of amides is 1. The summed E-state index contributed by atoms with van der Waals surface area (Å²) in [5.74, 6) is -0.111. The fourth-order valence-corrected chi connectivity index (χ4v) is 1.49. The third kappa shape index (κ3) is 2.85. The molecule has 0 atom stereocenters. The Morgan fingerprint density at radius 2 is 1.83 bits per heavy atom. The van der Waals surface area contributed by atoms with Crippen LogP contribution in [0.25, 0.3) is 0 Å². The summed E-state index contributed by atoms with van der Waals surface area (Å²) in [7, 11) is 0. The van der Waals surface area contributed by atoms with Crippen molar-refractivity contribution in [1.29, 1.82) is 0 Å². The van der Waals surface area contributed by atoms with Gasteiger partial charge in [0.15, 0.2) is 0 Å². The molecule has 1 aromatic carbocycles. The maximum atomic E-state index is 12.3. The largest absolute Gasteiger partial charge is 0.325 e. The van der Waals surface area contributed by atoms with E-state index in [9.17, 15) is 4.79 Å². The van der Waals surface area contributed by atoms with E-state index >= 15 is 0 Å². The van der Waals surface area contributed by atoms with Gasteiger partial charge in [-0.1, -0.05) is 17.7 Å². The molecule has 100 valence electrons. The Balaban J connectivity index is 2.99. The second-order valence-corrected chi connectivity index (χ2v) is 6.12. The van der Waals surface area contributed by atoms with Gasteiger partial charge in [-0.05, 0) is 52.3 Å². The Kier molecular flexibility index (Phi) is 4.08. The van der Waals surface area contributed by atoms with Crippen molar-refractivity contribution in [2.75, 3.05) is 5.32 Å². The maximum absolute atomic E-state index is 12.3. The zero-order valence-electron chi connectivity index (χ0n) is 11.6. The van der Waals surface area contributed by atoms with E-state index in [0.717, 1.165) is 11.3 Å². The molecular formula is C14H21ClN2O. The van der Waals surface area contributed by atoms with E-state index in [2.05, 4.69) is 5.32 Å². The summed E-state index contributed by atoms with van der Waals surface area (Å²) < 4.78 is 0. The first-order valence-electron chi connectivity index (χ1n) is 5.93. The number of benzene rings is 1. The predicted molar refractivity (Wildman–Crippen MR) is 76.9 cm³/mol. The Hall–Kier alpha value is -1.06. The standard InChI is InChI=1S/C14H21ClN2O/c1-9-10(15)7-6-8-11(9)17-12(18)13(2,3)14(4,5)16/h6-8H,16H2,1-5H3,(H,17,18). The molecular weight excluding hydrogens is 248 g/mol.